The van der Waals surface area contributed by atoms with Crippen LogP contribution in [-0.4, -0.2) is 26.3 Å². The lowest BCUT2D eigenvalue weighted by molar-refractivity contribution is -0.123. The molecular formula is C16H21N3O3S. The van der Waals surface area contributed by atoms with E-state index in [0.29, 0.717) is 23.1 Å². The number of hydrogen-bond acceptors (Lipinski definition) is 5. The molecule has 1 fully saturated rings. The topological polar surface area (TPSA) is 84.2 Å². The van der Waals surface area contributed by atoms with Crippen molar-refractivity contribution in [2.24, 2.45) is 0 Å². The Balaban J connectivity index is 1.81. The van der Waals surface area contributed by atoms with Crippen LogP contribution in [0.15, 0.2) is 11.1 Å². The monoisotopic (exact) mass is 335 g/mol. The van der Waals surface area contributed by atoms with E-state index in [0.717, 1.165) is 34.4 Å². The second kappa shape index (κ2) is 6.05. The van der Waals surface area contributed by atoms with E-state index >= 15 is 0 Å². The maximum Gasteiger partial charge on any atom is 0.281 e. The lowest BCUT2D eigenvalue weighted by Gasteiger charge is -2.31. The largest absolute Gasteiger partial charge is 0.389 e. The van der Waals surface area contributed by atoms with Gasteiger partial charge in [0.25, 0.3) is 5.56 Å². The molecule has 0 unspecified atom stereocenters. The number of rotatable bonds is 3. The zero-order valence-electron chi connectivity index (χ0n) is 13.4. The highest BCUT2D eigenvalue weighted by molar-refractivity contribution is 7.18. The maximum absolute atomic E-state index is 12.5. The zero-order valence-corrected chi connectivity index (χ0v) is 14.2. The standard InChI is InChI=1S/C16H21N3O3S/c1-10-11(2)23-14-13(10)15(21)19(9-17-14)18-12(20)8-16(22)6-4-3-5-7-16/h9,22H,3-8H2,1-2H3,(H,18,20). The van der Waals surface area contributed by atoms with E-state index < -0.39 is 5.60 Å². The first kappa shape index (κ1) is 16.1. The Morgan fingerprint density at radius 1 is 1.39 bits per heavy atom. The summed E-state index contributed by atoms with van der Waals surface area (Å²) in [7, 11) is 0. The number of nitrogens with zero attached hydrogens (tertiary/aromatic N) is 2. The summed E-state index contributed by atoms with van der Waals surface area (Å²) in [5.74, 6) is -0.359. The third-order valence-electron chi connectivity index (χ3n) is 4.61. The molecule has 3 rings (SSSR count). The number of aliphatic hydroxyl groups is 1. The molecule has 2 N–H and O–H groups in total. The van der Waals surface area contributed by atoms with Crippen molar-refractivity contribution < 1.29 is 9.90 Å². The number of amides is 1. The minimum atomic E-state index is -0.946. The first-order valence-electron chi connectivity index (χ1n) is 7.89. The van der Waals surface area contributed by atoms with E-state index in [1.54, 1.807) is 0 Å². The zero-order chi connectivity index (χ0) is 16.6. The van der Waals surface area contributed by atoms with Gasteiger partial charge in [0.15, 0.2) is 0 Å². The van der Waals surface area contributed by atoms with Crippen molar-refractivity contribution in [1.29, 1.82) is 0 Å². The van der Waals surface area contributed by atoms with Crippen LogP contribution in [0.5, 0.6) is 0 Å². The fourth-order valence-corrected chi connectivity index (χ4v) is 4.16. The summed E-state index contributed by atoms with van der Waals surface area (Å²) >= 11 is 1.47. The molecule has 1 aliphatic rings. The average Bonchev–Trinajstić information content (AvgIpc) is 2.78. The molecule has 23 heavy (non-hydrogen) atoms. The van der Waals surface area contributed by atoms with Gasteiger partial charge >= 0.3 is 0 Å². The van der Waals surface area contributed by atoms with Gasteiger partial charge in [-0.25, -0.2) is 9.66 Å². The van der Waals surface area contributed by atoms with Gasteiger partial charge in [-0.2, -0.15) is 0 Å². The Hall–Kier alpha value is -1.73. The van der Waals surface area contributed by atoms with Gasteiger partial charge in [0, 0.05) is 4.88 Å². The Labute approximate surface area is 138 Å². The number of nitrogens with one attached hydrogen (secondary N) is 1. The normalized spacial score (nSPS) is 17.3. The van der Waals surface area contributed by atoms with Crippen LogP contribution < -0.4 is 11.0 Å². The third kappa shape index (κ3) is 3.16. The summed E-state index contributed by atoms with van der Waals surface area (Å²) < 4.78 is 1.12. The van der Waals surface area contributed by atoms with Gasteiger partial charge in [-0.3, -0.25) is 15.0 Å². The van der Waals surface area contributed by atoms with Crippen molar-refractivity contribution in [2.75, 3.05) is 5.43 Å². The number of aryl methyl sites for hydroxylation is 2. The Morgan fingerprint density at radius 2 is 2.09 bits per heavy atom. The number of hydrogen-bond donors (Lipinski definition) is 2. The van der Waals surface area contributed by atoms with Gasteiger partial charge < -0.3 is 5.11 Å². The smallest absolute Gasteiger partial charge is 0.281 e. The van der Waals surface area contributed by atoms with Crippen LogP contribution in [0, 0.1) is 13.8 Å². The molecule has 0 radical (unpaired) electrons. The highest BCUT2D eigenvalue weighted by Gasteiger charge is 2.31. The van der Waals surface area contributed by atoms with Crippen molar-refractivity contribution >= 4 is 27.5 Å². The third-order valence-corrected chi connectivity index (χ3v) is 5.72. The van der Waals surface area contributed by atoms with Crippen LogP contribution in [0.2, 0.25) is 0 Å². The van der Waals surface area contributed by atoms with Crippen molar-refractivity contribution in [3.63, 3.8) is 0 Å². The van der Waals surface area contributed by atoms with Crippen molar-refractivity contribution in [2.45, 2.75) is 58.0 Å². The van der Waals surface area contributed by atoms with Gasteiger partial charge in [0.1, 0.15) is 11.2 Å². The summed E-state index contributed by atoms with van der Waals surface area (Å²) in [5.41, 5.74) is 2.24. The average molecular weight is 335 g/mol. The molecule has 0 bridgehead atoms. The van der Waals surface area contributed by atoms with E-state index in [9.17, 15) is 14.7 Å². The minimum Gasteiger partial charge on any atom is -0.389 e. The molecular weight excluding hydrogens is 314 g/mol. The lowest BCUT2D eigenvalue weighted by atomic mass is 9.82. The molecule has 0 aliphatic heterocycles. The number of fused-ring (bicyclic) bond motifs is 1. The van der Waals surface area contributed by atoms with Crippen LogP contribution in [0.4, 0.5) is 0 Å². The molecule has 2 heterocycles. The Kier molecular flexibility index (Phi) is 4.25. The number of carbonyl (C=O) groups is 1. The first-order valence-corrected chi connectivity index (χ1v) is 8.71. The number of thiophene rings is 1. The predicted molar refractivity (Wildman–Crippen MR) is 90.4 cm³/mol. The van der Waals surface area contributed by atoms with E-state index in [2.05, 4.69) is 10.4 Å². The SMILES string of the molecule is Cc1sc2ncn(NC(=O)CC3(O)CCCCC3)c(=O)c2c1C. The molecule has 1 saturated carbocycles. The van der Waals surface area contributed by atoms with E-state index in [4.69, 9.17) is 0 Å². The molecule has 1 amide bonds. The Bertz CT molecular complexity index is 803. The van der Waals surface area contributed by atoms with Gasteiger partial charge in [0.05, 0.1) is 17.4 Å². The molecule has 0 spiro atoms. The molecule has 0 aromatic carbocycles. The second-order valence-corrected chi connectivity index (χ2v) is 7.58. The van der Waals surface area contributed by atoms with Crippen LogP contribution in [0.25, 0.3) is 10.2 Å². The molecule has 2 aromatic rings. The lowest BCUT2D eigenvalue weighted by Crippen LogP contribution is -2.40. The first-order chi connectivity index (χ1) is 10.9. The van der Waals surface area contributed by atoms with Crippen molar-refractivity contribution in [3.8, 4) is 0 Å². The maximum atomic E-state index is 12.5. The minimum absolute atomic E-state index is 0.0130. The molecule has 0 atom stereocenters. The van der Waals surface area contributed by atoms with Gasteiger partial charge in [-0.05, 0) is 32.3 Å². The van der Waals surface area contributed by atoms with Crippen LogP contribution >= 0.6 is 11.3 Å². The summed E-state index contributed by atoms with van der Waals surface area (Å²) in [5, 5.41) is 11.0. The molecule has 124 valence electrons. The van der Waals surface area contributed by atoms with Crippen molar-refractivity contribution in [3.05, 3.63) is 27.1 Å². The summed E-state index contributed by atoms with van der Waals surface area (Å²) in [6.07, 6.45) is 5.59. The van der Waals surface area contributed by atoms with Crippen molar-refractivity contribution in [1.82, 2.24) is 9.66 Å². The fourth-order valence-electron chi connectivity index (χ4n) is 3.17. The Morgan fingerprint density at radius 3 is 2.78 bits per heavy atom. The van der Waals surface area contributed by atoms with E-state index in [1.807, 2.05) is 13.8 Å². The molecule has 6 nitrogen and oxygen atoms in total. The molecule has 0 saturated heterocycles. The fraction of sp³-hybridized carbons (Fsp3) is 0.562. The van der Waals surface area contributed by atoms with Crippen LogP contribution in [0.1, 0.15) is 49.0 Å². The molecule has 1 aliphatic carbocycles. The van der Waals surface area contributed by atoms with E-state index in [1.165, 1.54) is 17.7 Å². The molecule has 7 heteroatoms. The number of aromatic nitrogens is 2. The van der Waals surface area contributed by atoms with Gasteiger partial charge in [-0.15, -0.1) is 11.3 Å². The molecule has 2 aromatic heterocycles. The summed E-state index contributed by atoms with van der Waals surface area (Å²) in [6.45, 7) is 3.83. The highest BCUT2D eigenvalue weighted by atomic mass is 32.1. The quantitative estimate of drug-likeness (QED) is 0.901. The summed E-state index contributed by atoms with van der Waals surface area (Å²) in [6, 6.07) is 0. The van der Waals surface area contributed by atoms with Crippen LogP contribution in [0.3, 0.4) is 0 Å². The highest BCUT2D eigenvalue weighted by Crippen LogP contribution is 2.30. The van der Waals surface area contributed by atoms with Gasteiger partial charge in [0.2, 0.25) is 5.91 Å². The van der Waals surface area contributed by atoms with Crippen LogP contribution in [-0.2, 0) is 4.79 Å². The number of carbonyl (C=O) groups excluding carboxylic acids is 1. The predicted octanol–water partition coefficient (Wildman–Crippen LogP) is 2.23. The second-order valence-electron chi connectivity index (χ2n) is 6.38. The van der Waals surface area contributed by atoms with Gasteiger partial charge in [-0.1, -0.05) is 19.3 Å². The van der Waals surface area contributed by atoms with E-state index in [-0.39, 0.29) is 17.9 Å². The summed E-state index contributed by atoms with van der Waals surface area (Å²) in [4.78, 5) is 30.7.